The number of carbonyl (C=O) groups excluding carboxylic acids is 1. The van der Waals surface area contributed by atoms with Crippen molar-refractivity contribution >= 4 is 29.5 Å². The molecule has 0 aromatic carbocycles. The molecule has 0 fully saturated rings. The zero-order chi connectivity index (χ0) is 15.5. The number of ether oxygens (including phenoxy) is 2. The van der Waals surface area contributed by atoms with Crippen molar-refractivity contribution in [2.75, 3.05) is 12.4 Å². The number of anilines is 1. The van der Waals surface area contributed by atoms with Crippen LogP contribution in [0.15, 0.2) is 0 Å². The van der Waals surface area contributed by atoms with Gasteiger partial charge in [0, 0.05) is 0 Å². The van der Waals surface area contributed by atoms with Crippen LogP contribution >= 0.6 is 11.6 Å². The molecule has 0 bridgehead atoms. The largest absolute Gasteiger partial charge is 0.491 e. The van der Waals surface area contributed by atoms with Gasteiger partial charge in [-0.3, -0.25) is 5.32 Å². The predicted molar refractivity (Wildman–Crippen MR) is 70.4 cm³/mol. The number of nitrogens with zero attached hydrogens (tertiary/aromatic N) is 2. The molecule has 2 N–H and O–H groups in total. The second kappa shape index (κ2) is 5.91. The lowest BCUT2D eigenvalue weighted by Crippen LogP contribution is -2.28. The lowest BCUT2D eigenvalue weighted by atomic mass is 10.2. The Labute approximate surface area is 120 Å². The second-order valence-electron chi connectivity index (χ2n) is 4.66. The van der Waals surface area contributed by atoms with Gasteiger partial charge in [0.15, 0.2) is 17.3 Å². The minimum Gasteiger partial charge on any atom is -0.491 e. The lowest BCUT2D eigenvalue weighted by molar-refractivity contribution is 0.0630. The molecule has 1 amide bonds. The number of carbonyl (C=O) groups is 2. The standard InChI is InChI=1S/C11H14ClN3O5/c1-11(2,3)20-10(18)15-7-6(19-4)5(8(16)17)13-9(12)14-7/h1-4H3,(H,16,17)(H,13,14,15,18). The first-order chi connectivity index (χ1) is 9.14. The topological polar surface area (TPSA) is 111 Å². The van der Waals surface area contributed by atoms with E-state index >= 15 is 0 Å². The van der Waals surface area contributed by atoms with E-state index in [1.165, 1.54) is 7.11 Å². The van der Waals surface area contributed by atoms with E-state index in [4.69, 9.17) is 26.2 Å². The van der Waals surface area contributed by atoms with E-state index in [1.807, 2.05) is 0 Å². The van der Waals surface area contributed by atoms with Crippen molar-refractivity contribution in [1.82, 2.24) is 9.97 Å². The van der Waals surface area contributed by atoms with Gasteiger partial charge in [0.2, 0.25) is 5.28 Å². The molecule has 0 aliphatic carbocycles. The number of carboxylic acids is 1. The average molecular weight is 304 g/mol. The highest BCUT2D eigenvalue weighted by atomic mass is 35.5. The molecule has 0 aliphatic rings. The summed E-state index contributed by atoms with van der Waals surface area (Å²) in [4.78, 5) is 29.9. The zero-order valence-corrected chi connectivity index (χ0v) is 12.1. The highest BCUT2D eigenvalue weighted by Crippen LogP contribution is 2.27. The van der Waals surface area contributed by atoms with Gasteiger partial charge in [-0.05, 0) is 32.4 Å². The van der Waals surface area contributed by atoms with E-state index in [0.29, 0.717) is 0 Å². The molecule has 0 spiro atoms. The number of aromatic nitrogens is 2. The molecule has 1 rings (SSSR count). The van der Waals surface area contributed by atoms with Crippen molar-refractivity contribution in [2.45, 2.75) is 26.4 Å². The number of hydrogen-bond acceptors (Lipinski definition) is 6. The summed E-state index contributed by atoms with van der Waals surface area (Å²) >= 11 is 5.61. The number of halogens is 1. The Balaban J connectivity index is 3.12. The molecule has 0 atom stereocenters. The summed E-state index contributed by atoms with van der Waals surface area (Å²) in [6, 6.07) is 0. The van der Waals surface area contributed by atoms with Gasteiger partial charge >= 0.3 is 12.1 Å². The number of rotatable bonds is 3. The fourth-order valence-corrected chi connectivity index (χ4v) is 1.42. The normalized spacial score (nSPS) is 10.8. The third kappa shape index (κ3) is 4.23. The van der Waals surface area contributed by atoms with Crippen molar-refractivity contribution in [3.8, 4) is 5.75 Å². The van der Waals surface area contributed by atoms with E-state index in [0.717, 1.165) is 0 Å². The average Bonchev–Trinajstić information content (AvgIpc) is 2.25. The van der Waals surface area contributed by atoms with Crippen LogP contribution in [-0.2, 0) is 4.74 Å². The Morgan fingerprint density at radius 2 is 1.90 bits per heavy atom. The maximum Gasteiger partial charge on any atom is 0.413 e. The van der Waals surface area contributed by atoms with Gasteiger partial charge in [0.25, 0.3) is 0 Å². The van der Waals surface area contributed by atoms with Crippen LogP contribution in [0.1, 0.15) is 31.3 Å². The summed E-state index contributed by atoms with van der Waals surface area (Å²) in [6.07, 6.45) is -0.818. The highest BCUT2D eigenvalue weighted by molar-refractivity contribution is 6.28. The van der Waals surface area contributed by atoms with Crippen LogP contribution in [0, 0.1) is 0 Å². The second-order valence-corrected chi connectivity index (χ2v) is 4.99. The smallest absolute Gasteiger partial charge is 0.413 e. The van der Waals surface area contributed by atoms with Gasteiger partial charge in [-0.25, -0.2) is 14.6 Å². The van der Waals surface area contributed by atoms with E-state index in [9.17, 15) is 9.59 Å². The molecular formula is C11H14ClN3O5. The van der Waals surface area contributed by atoms with Crippen LogP contribution in [0.4, 0.5) is 10.6 Å². The van der Waals surface area contributed by atoms with E-state index in [-0.39, 0.29) is 16.9 Å². The first-order valence-electron chi connectivity index (χ1n) is 5.49. The first kappa shape index (κ1) is 16.0. The first-order valence-corrected chi connectivity index (χ1v) is 5.86. The maximum atomic E-state index is 11.6. The Kier molecular flexibility index (Phi) is 4.72. The number of nitrogens with one attached hydrogen (secondary N) is 1. The highest BCUT2D eigenvalue weighted by Gasteiger charge is 2.23. The Hall–Kier alpha value is -2.09. The molecule has 0 unspecified atom stereocenters. The van der Waals surface area contributed by atoms with Gasteiger partial charge < -0.3 is 14.6 Å². The predicted octanol–water partition coefficient (Wildman–Crippen LogP) is 2.18. The molecule has 20 heavy (non-hydrogen) atoms. The molecule has 1 aromatic heterocycles. The summed E-state index contributed by atoms with van der Waals surface area (Å²) in [5, 5.41) is 10.9. The van der Waals surface area contributed by atoms with Crippen molar-refractivity contribution < 1.29 is 24.2 Å². The third-order valence-corrected chi connectivity index (χ3v) is 2.03. The molecule has 0 radical (unpaired) electrons. The third-order valence-electron chi connectivity index (χ3n) is 1.86. The molecule has 8 nitrogen and oxygen atoms in total. The number of carboxylic acid groups (broad SMARTS) is 1. The van der Waals surface area contributed by atoms with Gasteiger partial charge in [-0.15, -0.1) is 0 Å². The van der Waals surface area contributed by atoms with Gasteiger partial charge in [-0.1, -0.05) is 0 Å². The minimum atomic E-state index is -1.36. The number of amides is 1. The fraction of sp³-hybridized carbons (Fsp3) is 0.455. The van der Waals surface area contributed by atoms with Gasteiger partial charge in [0.1, 0.15) is 5.60 Å². The van der Waals surface area contributed by atoms with Gasteiger partial charge in [0.05, 0.1) is 7.11 Å². The van der Waals surface area contributed by atoms with Crippen LogP contribution in [0.3, 0.4) is 0 Å². The van der Waals surface area contributed by atoms with E-state index in [1.54, 1.807) is 20.8 Å². The SMILES string of the molecule is COc1c(NC(=O)OC(C)(C)C)nc(Cl)nc1C(=O)O. The van der Waals surface area contributed by atoms with Crippen molar-refractivity contribution in [3.05, 3.63) is 11.0 Å². The molecule has 9 heteroatoms. The quantitative estimate of drug-likeness (QED) is 0.823. The van der Waals surface area contributed by atoms with Crippen molar-refractivity contribution in [1.29, 1.82) is 0 Å². The molecule has 0 saturated heterocycles. The maximum absolute atomic E-state index is 11.6. The summed E-state index contributed by atoms with van der Waals surface area (Å²) in [6.45, 7) is 5.04. The van der Waals surface area contributed by atoms with E-state index in [2.05, 4.69) is 15.3 Å². The van der Waals surface area contributed by atoms with Crippen LogP contribution in [-0.4, -0.2) is 39.8 Å². The minimum absolute atomic E-state index is 0.181. The lowest BCUT2D eigenvalue weighted by Gasteiger charge is -2.20. The zero-order valence-electron chi connectivity index (χ0n) is 11.4. The number of methoxy groups -OCH3 is 1. The van der Waals surface area contributed by atoms with Crippen LogP contribution < -0.4 is 10.1 Å². The summed E-state index contributed by atoms with van der Waals surface area (Å²) in [7, 11) is 1.22. The summed E-state index contributed by atoms with van der Waals surface area (Å²) in [5.41, 5.74) is -1.18. The molecule has 1 aromatic rings. The molecule has 110 valence electrons. The fourth-order valence-electron chi connectivity index (χ4n) is 1.25. The Morgan fingerprint density at radius 1 is 1.30 bits per heavy atom. The monoisotopic (exact) mass is 303 g/mol. The summed E-state index contributed by atoms with van der Waals surface area (Å²) in [5.74, 6) is -1.76. The van der Waals surface area contributed by atoms with Crippen LogP contribution in [0.5, 0.6) is 5.75 Å². The number of aromatic carboxylic acids is 1. The van der Waals surface area contributed by atoms with E-state index < -0.39 is 23.4 Å². The van der Waals surface area contributed by atoms with Crippen LogP contribution in [0.2, 0.25) is 5.28 Å². The Morgan fingerprint density at radius 3 is 2.35 bits per heavy atom. The molecular weight excluding hydrogens is 290 g/mol. The van der Waals surface area contributed by atoms with Crippen molar-refractivity contribution in [2.24, 2.45) is 0 Å². The molecule has 1 heterocycles. The van der Waals surface area contributed by atoms with Gasteiger partial charge in [-0.2, -0.15) is 4.98 Å². The molecule has 0 aliphatic heterocycles. The number of hydrogen-bond donors (Lipinski definition) is 2. The molecule has 0 saturated carbocycles. The van der Waals surface area contributed by atoms with Crippen molar-refractivity contribution in [3.63, 3.8) is 0 Å². The summed E-state index contributed by atoms with van der Waals surface area (Å²) < 4.78 is 9.91. The van der Waals surface area contributed by atoms with Crippen LogP contribution in [0.25, 0.3) is 0 Å². The Bertz CT molecular complexity index is 542.